The van der Waals surface area contributed by atoms with E-state index in [-0.39, 0.29) is 11.5 Å². The second-order valence-electron chi connectivity index (χ2n) is 5.22. The number of ether oxygens (including phenoxy) is 2. The molecule has 136 valence electrons. The maximum absolute atomic E-state index is 12.6. The monoisotopic (exact) mass is 358 g/mol. The third kappa shape index (κ3) is 4.69. The van der Waals surface area contributed by atoms with Crippen molar-refractivity contribution in [1.82, 2.24) is 20.6 Å². The smallest absolute Gasteiger partial charge is 0.411 e. The Balaban J connectivity index is 2.31. The van der Waals surface area contributed by atoms with E-state index in [0.29, 0.717) is 11.5 Å². The summed E-state index contributed by atoms with van der Waals surface area (Å²) in [6.07, 6.45) is -0.389. The van der Waals surface area contributed by atoms with Crippen LogP contribution in [0.2, 0.25) is 0 Å². The summed E-state index contributed by atoms with van der Waals surface area (Å²) in [5, 5.41) is 4.93. The van der Waals surface area contributed by atoms with Crippen LogP contribution in [0.3, 0.4) is 0 Å². The maximum Gasteiger partial charge on any atom is 0.411 e. The summed E-state index contributed by atoms with van der Waals surface area (Å²) in [4.78, 5) is 20.5. The van der Waals surface area contributed by atoms with Crippen LogP contribution < -0.4 is 10.6 Å². The summed E-state index contributed by atoms with van der Waals surface area (Å²) >= 11 is 0. The van der Waals surface area contributed by atoms with E-state index in [1.54, 1.807) is 13.8 Å². The molecule has 0 fully saturated rings. The quantitative estimate of drug-likeness (QED) is 0.780. The molecule has 2 rings (SSSR count). The Morgan fingerprint density at radius 1 is 1.36 bits per heavy atom. The Kier molecular flexibility index (Phi) is 5.31. The van der Waals surface area contributed by atoms with E-state index in [1.807, 2.05) is 0 Å². The number of carbonyl (C=O) groups excluding carboxylic acids is 1. The molecule has 1 aliphatic heterocycles. The number of rotatable bonds is 5. The van der Waals surface area contributed by atoms with E-state index >= 15 is 0 Å². The number of methoxy groups -OCH3 is 1. The van der Waals surface area contributed by atoms with Gasteiger partial charge < -0.3 is 14.8 Å². The molecule has 1 atom stereocenters. The number of aryl methyl sites for hydroxylation is 2. The van der Waals surface area contributed by atoms with Gasteiger partial charge >= 0.3 is 6.18 Å². The van der Waals surface area contributed by atoms with Gasteiger partial charge in [-0.05, 0) is 32.1 Å². The minimum atomic E-state index is -4.60. The van der Waals surface area contributed by atoms with E-state index in [1.165, 1.54) is 31.5 Å². The van der Waals surface area contributed by atoms with Crippen molar-refractivity contribution in [3.8, 4) is 0 Å². The fourth-order valence-electron chi connectivity index (χ4n) is 2.20. The van der Waals surface area contributed by atoms with Gasteiger partial charge in [-0.1, -0.05) is 0 Å². The van der Waals surface area contributed by atoms with Crippen LogP contribution in [0.15, 0.2) is 30.2 Å². The predicted molar refractivity (Wildman–Crippen MR) is 81.1 cm³/mol. The van der Waals surface area contributed by atoms with Crippen LogP contribution in [0.5, 0.6) is 0 Å². The summed E-state index contributed by atoms with van der Waals surface area (Å²) < 4.78 is 47.8. The van der Waals surface area contributed by atoms with E-state index in [0.717, 1.165) is 0 Å². The molecule has 7 nitrogen and oxygen atoms in total. The van der Waals surface area contributed by atoms with Crippen molar-refractivity contribution in [1.29, 1.82) is 0 Å². The first-order valence-electron chi connectivity index (χ1n) is 7.20. The molecular formula is C15H17F3N4O3. The number of aromatic nitrogens is 2. The van der Waals surface area contributed by atoms with E-state index in [9.17, 15) is 18.0 Å². The number of amides is 1. The lowest BCUT2D eigenvalue weighted by Gasteiger charge is -2.37. The molecule has 0 spiro atoms. The van der Waals surface area contributed by atoms with Crippen LogP contribution in [-0.2, 0) is 9.47 Å². The molecule has 0 aromatic carbocycles. The van der Waals surface area contributed by atoms with Crippen LogP contribution in [0.4, 0.5) is 13.2 Å². The first-order valence-corrected chi connectivity index (χ1v) is 7.20. The van der Waals surface area contributed by atoms with Crippen LogP contribution >= 0.6 is 0 Å². The number of dihydropyridines is 1. The van der Waals surface area contributed by atoms with Crippen LogP contribution in [-0.4, -0.2) is 41.6 Å². The molecule has 1 aromatic rings. The predicted octanol–water partition coefficient (Wildman–Crippen LogP) is 1.70. The number of carbonyl (C=O) groups is 1. The highest BCUT2D eigenvalue weighted by atomic mass is 19.4. The van der Waals surface area contributed by atoms with Crippen molar-refractivity contribution in [2.45, 2.75) is 25.9 Å². The van der Waals surface area contributed by atoms with Gasteiger partial charge in [0, 0.05) is 11.9 Å². The fraction of sp³-hybridized carbons (Fsp3) is 0.400. The van der Waals surface area contributed by atoms with E-state index in [2.05, 4.69) is 20.6 Å². The van der Waals surface area contributed by atoms with E-state index < -0.39 is 24.5 Å². The van der Waals surface area contributed by atoms with Crippen molar-refractivity contribution in [2.24, 2.45) is 0 Å². The third-order valence-corrected chi connectivity index (χ3v) is 3.14. The molecule has 25 heavy (non-hydrogen) atoms. The van der Waals surface area contributed by atoms with Crippen LogP contribution in [0.1, 0.15) is 22.0 Å². The van der Waals surface area contributed by atoms with Gasteiger partial charge in [0.1, 0.15) is 18.1 Å². The summed E-state index contributed by atoms with van der Waals surface area (Å²) in [6.45, 7) is 1.67. The normalized spacial score (nSPS) is 19.8. The highest BCUT2D eigenvalue weighted by Crippen LogP contribution is 2.25. The van der Waals surface area contributed by atoms with Gasteiger partial charge in [0.05, 0.1) is 7.11 Å². The highest BCUT2D eigenvalue weighted by Gasteiger charge is 2.43. The van der Waals surface area contributed by atoms with Gasteiger partial charge in [0.25, 0.3) is 11.8 Å². The van der Waals surface area contributed by atoms with Gasteiger partial charge in [-0.15, -0.1) is 0 Å². The van der Waals surface area contributed by atoms with Gasteiger partial charge in [-0.3, -0.25) is 10.1 Å². The van der Waals surface area contributed by atoms with Crippen molar-refractivity contribution in [3.05, 3.63) is 47.4 Å². The number of alkyl halides is 3. The summed E-state index contributed by atoms with van der Waals surface area (Å²) in [6, 6.07) is 1.41. The van der Waals surface area contributed by atoms with Gasteiger partial charge in [-0.2, -0.15) is 13.2 Å². The average molecular weight is 358 g/mol. The summed E-state index contributed by atoms with van der Waals surface area (Å²) in [5.74, 6) is -2.45. The number of hydrogen-bond donors (Lipinski definition) is 2. The number of allylic oxidation sites excluding steroid dienone is 2. The third-order valence-electron chi connectivity index (χ3n) is 3.14. The fourth-order valence-corrected chi connectivity index (χ4v) is 2.20. The molecule has 0 saturated carbocycles. The topological polar surface area (TPSA) is 85.4 Å². The van der Waals surface area contributed by atoms with Crippen molar-refractivity contribution in [2.75, 3.05) is 13.7 Å². The zero-order valence-electron chi connectivity index (χ0n) is 13.8. The summed E-state index contributed by atoms with van der Waals surface area (Å²) in [5.41, 5.74) is 0.536. The van der Waals surface area contributed by atoms with Crippen LogP contribution in [0.25, 0.3) is 0 Å². The Bertz CT molecular complexity index is 698. The zero-order valence-corrected chi connectivity index (χ0v) is 13.8. The minimum absolute atomic E-state index is 0.00760. The molecule has 1 amide bonds. The summed E-state index contributed by atoms with van der Waals surface area (Å²) in [7, 11) is 1.25. The molecule has 1 aromatic heterocycles. The molecule has 1 unspecified atom stereocenters. The Labute approximate surface area is 141 Å². The molecule has 0 saturated heterocycles. The maximum atomic E-state index is 12.6. The van der Waals surface area contributed by atoms with Crippen LogP contribution in [0, 0.1) is 13.8 Å². The van der Waals surface area contributed by atoms with Crippen molar-refractivity contribution >= 4 is 5.91 Å². The highest BCUT2D eigenvalue weighted by molar-refractivity contribution is 5.93. The zero-order chi connectivity index (χ0) is 18.7. The van der Waals surface area contributed by atoms with Crippen molar-refractivity contribution in [3.63, 3.8) is 0 Å². The number of nitrogens with zero attached hydrogens (tertiary/aromatic N) is 2. The molecule has 0 bridgehead atoms. The largest absolute Gasteiger partial charge is 0.494 e. The molecule has 0 radical (unpaired) electrons. The Hall–Kier alpha value is -2.62. The lowest BCUT2D eigenvalue weighted by molar-refractivity contribution is -0.212. The molecule has 2 N–H and O–H groups in total. The molecule has 1 aliphatic rings. The first kappa shape index (κ1) is 18.7. The number of halogens is 3. The average Bonchev–Trinajstić information content (AvgIpc) is 2.52. The molecule has 2 heterocycles. The standard InChI is InChI=1S/C15H17F3N4O3/c1-9-7-11(21-10(2)20-9)13(23)22-15(25-8-14(16,17)18)12(24-3)5-4-6-19-15/h4-7,19H,8H2,1-3H3,(H,22,23). The molecule has 0 aliphatic carbocycles. The SMILES string of the molecule is COC1=CC=CNC1(NC(=O)c1cc(C)nc(C)n1)OCC(F)(F)F. The minimum Gasteiger partial charge on any atom is -0.494 e. The lowest BCUT2D eigenvalue weighted by atomic mass is 10.2. The second kappa shape index (κ2) is 7.09. The van der Waals surface area contributed by atoms with Gasteiger partial charge in [0.15, 0.2) is 5.76 Å². The number of nitrogens with one attached hydrogen (secondary N) is 2. The van der Waals surface area contributed by atoms with E-state index in [4.69, 9.17) is 9.47 Å². The molecular weight excluding hydrogens is 341 g/mol. The Morgan fingerprint density at radius 3 is 2.68 bits per heavy atom. The van der Waals surface area contributed by atoms with Gasteiger partial charge in [0.2, 0.25) is 0 Å². The number of hydrogen-bond acceptors (Lipinski definition) is 6. The van der Waals surface area contributed by atoms with Crippen molar-refractivity contribution < 1.29 is 27.4 Å². The molecule has 10 heteroatoms. The first-order chi connectivity index (χ1) is 11.6. The Morgan fingerprint density at radius 2 is 2.08 bits per heavy atom. The van der Waals surface area contributed by atoms with Gasteiger partial charge in [-0.25, -0.2) is 9.97 Å². The lowest BCUT2D eigenvalue weighted by Crippen LogP contribution is -2.62. The second-order valence-corrected chi connectivity index (χ2v) is 5.22.